The normalized spacial score (nSPS) is 14.5. The molecule has 0 spiro atoms. The molecule has 122 valence electrons. The van der Waals surface area contributed by atoms with Crippen molar-refractivity contribution in [1.29, 1.82) is 0 Å². The maximum atomic E-state index is 6.13. The Morgan fingerprint density at radius 3 is 2.67 bits per heavy atom. The van der Waals surface area contributed by atoms with Gasteiger partial charge in [-0.2, -0.15) is 0 Å². The largest absolute Gasteiger partial charge is 0.477 e. The third-order valence-electron chi connectivity index (χ3n) is 4.72. The molecule has 2 aromatic carbocycles. The molecule has 4 rings (SSSR count). The van der Waals surface area contributed by atoms with Crippen molar-refractivity contribution in [2.75, 3.05) is 20.2 Å². The summed E-state index contributed by atoms with van der Waals surface area (Å²) in [6.07, 6.45) is 1.96. The van der Waals surface area contributed by atoms with Crippen molar-refractivity contribution in [3.8, 4) is 5.88 Å². The average molecular weight is 318 g/mol. The summed E-state index contributed by atoms with van der Waals surface area (Å²) in [5.41, 5.74) is 5.00. The van der Waals surface area contributed by atoms with Gasteiger partial charge in [-0.15, -0.1) is 0 Å². The van der Waals surface area contributed by atoms with Crippen molar-refractivity contribution < 1.29 is 4.74 Å². The van der Waals surface area contributed by atoms with Crippen LogP contribution in [0, 0.1) is 0 Å². The second-order valence-electron chi connectivity index (χ2n) is 6.46. The van der Waals surface area contributed by atoms with Crippen LogP contribution >= 0.6 is 0 Å². The lowest BCUT2D eigenvalue weighted by atomic mass is 9.96. The molecule has 0 saturated carbocycles. The molecule has 3 aromatic rings. The molecule has 3 nitrogen and oxygen atoms in total. The minimum absolute atomic E-state index is 0.658. The van der Waals surface area contributed by atoms with Crippen LogP contribution in [-0.4, -0.2) is 30.1 Å². The number of para-hydroxylation sites is 1. The molecular formula is C21H22N2O. The Kier molecular flexibility index (Phi) is 4.18. The van der Waals surface area contributed by atoms with Gasteiger partial charge in [0.1, 0.15) is 0 Å². The Morgan fingerprint density at radius 1 is 1.00 bits per heavy atom. The van der Waals surface area contributed by atoms with Gasteiger partial charge >= 0.3 is 0 Å². The molecule has 0 amide bonds. The van der Waals surface area contributed by atoms with Gasteiger partial charge in [0.2, 0.25) is 5.88 Å². The lowest BCUT2D eigenvalue weighted by molar-refractivity contribution is 0.277. The molecule has 1 aromatic heterocycles. The molecule has 0 saturated heterocycles. The minimum Gasteiger partial charge on any atom is -0.477 e. The van der Waals surface area contributed by atoms with E-state index in [1.807, 2.05) is 12.1 Å². The van der Waals surface area contributed by atoms with Crippen LogP contribution < -0.4 is 4.74 Å². The molecule has 0 bridgehead atoms. The fourth-order valence-corrected chi connectivity index (χ4v) is 3.42. The summed E-state index contributed by atoms with van der Waals surface area (Å²) in [4.78, 5) is 7.14. The first-order valence-corrected chi connectivity index (χ1v) is 8.57. The molecule has 3 heteroatoms. The van der Waals surface area contributed by atoms with Gasteiger partial charge in [0, 0.05) is 30.5 Å². The van der Waals surface area contributed by atoms with Crippen LogP contribution in [0.1, 0.15) is 16.7 Å². The number of aromatic nitrogens is 1. The van der Waals surface area contributed by atoms with E-state index in [2.05, 4.69) is 54.4 Å². The van der Waals surface area contributed by atoms with E-state index in [4.69, 9.17) is 9.72 Å². The zero-order valence-corrected chi connectivity index (χ0v) is 14.0. The van der Waals surface area contributed by atoms with E-state index in [9.17, 15) is 0 Å². The SMILES string of the molecule is CN1CCc2c(c(OCCc3ccccc3)nc3ccccc23)C1. The molecule has 1 aliphatic rings. The Bertz CT molecular complexity index is 845. The number of pyridine rings is 1. The number of hydrogen-bond donors (Lipinski definition) is 0. The fourth-order valence-electron chi connectivity index (χ4n) is 3.42. The Balaban J connectivity index is 1.63. The smallest absolute Gasteiger partial charge is 0.218 e. The summed E-state index contributed by atoms with van der Waals surface area (Å²) in [6.45, 7) is 2.66. The predicted molar refractivity (Wildman–Crippen MR) is 97.4 cm³/mol. The standard InChI is InChI=1S/C21H22N2O/c1-23-13-11-17-18-9-5-6-10-20(18)22-21(19(17)15-23)24-14-12-16-7-3-2-4-8-16/h2-10H,11-15H2,1H3. The average Bonchev–Trinajstić information content (AvgIpc) is 2.62. The zero-order valence-electron chi connectivity index (χ0n) is 14.0. The van der Waals surface area contributed by atoms with Gasteiger partial charge in [0.05, 0.1) is 12.1 Å². The minimum atomic E-state index is 0.658. The third kappa shape index (κ3) is 3.00. The molecule has 1 aliphatic heterocycles. The molecule has 0 radical (unpaired) electrons. The van der Waals surface area contributed by atoms with Gasteiger partial charge < -0.3 is 9.64 Å². The highest BCUT2D eigenvalue weighted by molar-refractivity contribution is 5.84. The Hall–Kier alpha value is -2.39. The second-order valence-corrected chi connectivity index (χ2v) is 6.46. The van der Waals surface area contributed by atoms with Gasteiger partial charge in [0.15, 0.2) is 0 Å². The van der Waals surface area contributed by atoms with Gasteiger partial charge in [-0.25, -0.2) is 4.98 Å². The van der Waals surface area contributed by atoms with Crippen LogP contribution in [0.4, 0.5) is 0 Å². The lowest BCUT2D eigenvalue weighted by Crippen LogP contribution is -2.27. The van der Waals surface area contributed by atoms with Gasteiger partial charge in [-0.3, -0.25) is 0 Å². The Morgan fingerprint density at radius 2 is 1.79 bits per heavy atom. The van der Waals surface area contributed by atoms with Crippen LogP contribution in [-0.2, 0) is 19.4 Å². The summed E-state index contributed by atoms with van der Waals surface area (Å²) in [5.74, 6) is 0.811. The van der Waals surface area contributed by atoms with Gasteiger partial charge in [-0.05, 0) is 30.7 Å². The molecular weight excluding hydrogens is 296 g/mol. The topological polar surface area (TPSA) is 25.4 Å². The maximum Gasteiger partial charge on any atom is 0.218 e. The zero-order chi connectivity index (χ0) is 16.4. The third-order valence-corrected chi connectivity index (χ3v) is 4.72. The fraction of sp³-hybridized carbons (Fsp3) is 0.286. The number of nitrogens with zero attached hydrogens (tertiary/aromatic N) is 2. The second kappa shape index (κ2) is 6.62. The molecule has 0 fully saturated rings. The first-order valence-electron chi connectivity index (χ1n) is 8.57. The summed E-state index contributed by atoms with van der Waals surface area (Å²) in [6, 6.07) is 18.9. The van der Waals surface area contributed by atoms with E-state index in [0.717, 1.165) is 37.3 Å². The molecule has 24 heavy (non-hydrogen) atoms. The lowest BCUT2D eigenvalue weighted by Gasteiger charge is -2.27. The number of likely N-dealkylation sites (N-methyl/N-ethyl adjacent to an activating group) is 1. The summed E-state index contributed by atoms with van der Waals surface area (Å²) >= 11 is 0. The van der Waals surface area contributed by atoms with Gasteiger partial charge in [-0.1, -0.05) is 48.5 Å². The van der Waals surface area contributed by atoms with Crippen molar-refractivity contribution in [3.05, 3.63) is 71.3 Å². The Labute approximate surface area is 142 Å². The maximum absolute atomic E-state index is 6.13. The van der Waals surface area contributed by atoms with E-state index in [1.54, 1.807) is 0 Å². The molecule has 0 aliphatic carbocycles. The monoisotopic (exact) mass is 318 g/mol. The van der Waals surface area contributed by atoms with E-state index in [-0.39, 0.29) is 0 Å². The highest BCUT2D eigenvalue weighted by atomic mass is 16.5. The quantitative estimate of drug-likeness (QED) is 0.731. The van der Waals surface area contributed by atoms with Crippen molar-refractivity contribution in [3.63, 3.8) is 0 Å². The highest BCUT2D eigenvalue weighted by Crippen LogP contribution is 2.32. The molecule has 2 heterocycles. The highest BCUT2D eigenvalue weighted by Gasteiger charge is 2.21. The van der Waals surface area contributed by atoms with E-state index >= 15 is 0 Å². The van der Waals surface area contributed by atoms with Crippen molar-refractivity contribution >= 4 is 10.9 Å². The van der Waals surface area contributed by atoms with Crippen molar-refractivity contribution in [2.45, 2.75) is 19.4 Å². The molecule has 0 atom stereocenters. The molecule has 0 unspecified atom stereocenters. The van der Waals surface area contributed by atoms with Gasteiger partial charge in [0.25, 0.3) is 0 Å². The van der Waals surface area contributed by atoms with Crippen LogP contribution in [0.3, 0.4) is 0 Å². The van der Waals surface area contributed by atoms with Crippen molar-refractivity contribution in [1.82, 2.24) is 9.88 Å². The van der Waals surface area contributed by atoms with Crippen LogP contribution in [0.5, 0.6) is 5.88 Å². The van der Waals surface area contributed by atoms with Crippen LogP contribution in [0.2, 0.25) is 0 Å². The number of hydrogen-bond acceptors (Lipinski definition) is 3. The number of benzene rings is 2. The van der Waals surface area contributed by atoms with Crippen LogP contribution in [0.25, 0.3) is 10.9 Å². The molecule has 0 N–H and O–H groups in total. The van der Waals surface area contributed by atoms with E-state index < -0.39 is 0 Å². The predicted octanol–water partition coefficient (Wildman–Crippen LogP) is 3.84. The van der Waals surface area contributed by atoms with Crippen molar-refractivity contribution in [2.24, 2.45) is 0 Å². The van der Waals surface area contributed by atoms with Crippen LogP contribution in [0.15, 0.2) is 54.6 Å². The summed E-state index contributed by atoms with van der Waals surface area (Å²) in [7, 11) is 2.16. The van der Waals surface area contributed by atoms with E-state index in [1.165, 1.54) is 22.1 Å². The first-order chi connectivity index (χ1) is 11.8. The number of ether oxygens (including phenoxy) is 1. The first kappa shape index (κ1) is 15.2. The summed E-state index contributed by atoms with van der Waals surface area (Å²) < 4.78 is 6.13. The number of fused-ring (bicyclic) bond motifs is 3. The number of rotatable bonds is 4. The summed E-state index contributed by atoms with van der Waals surface area (Å²) in [5, 5.41) is 1.27. The van der Waals surface area contributed by atoms with E-state index in [0.29, 0.717) is 6.61 Å².